The van der Waals surface area contributed by atoms with Crippen LogP contribution in [-0.2, 0) is 0 Å². The first-order valence-corrected chi connectivity index (χ1v) is 9.54. The molecule has 1 N–H and O–H groups in total. The number of fused-ring (bicyclic) bond motifs is 2. The van der Waals surface area contributed by atoms with Crippen molar-refractivity contribution < 1.29 is 0 Å². The molecule has 0 radical (unpaired) electrons. The molecule has 0 atom stereocenters. The second kappa shape index (κ2) is 6.91. The van der Waals surface area contributed by atoms with Crippen molar-refractivity contribution in [2.24, 2.45) is 0 Å². The smallest absolute Gasteiger partial charge is 0.266 e. The second-order valence-electron chi connectivity index (χ2n) is 7.04. The largest absolute Gasteiger partial charge is 0.361 e. The van der Waals surface area contributed by atoms with Gasteiger partial charge in [-0.05, 0) is 54.5 Å². The summed E-state index contributed by atoms with van der Waals surface area (Å²) in [6, 6.07) is 23.5. The molecule has 140 valence electrons. The van der Waals surface area contributed by atoms with Gasteiger partial charge in [-0.1, -0.05) is 48.5 Å². The van der Waals surface area contributed by atoms with Gasteiger partial charge < -0.3 is 4.98 Å². The Morgan fingerprint density at radius 1 is 0.862 bits per heavy atom. The van der Waals surface area contributed by atoms with E-state index < -0.39 is 0 Å². The Morgan fingerprint density at radius 3 is 2.45 bits per heavy atom. The summed E-state index contributed by atoms with van der Waals surface area (Å²) >= 11 is 0. The summed E-state index contributed by atoms with van der Waals surface area (Å²) in [6.45, 7) is 2.00. The van der Waals surface area contributed by atoms with Crippen molar-refractivity contribution >= 4 is 34.0 Å². The Labute approximate surface area is 167 Å². The molecule has 4 nitrogen and oxygen atoms in total. The van der Waals surface area contributed by atoms with Crippen molar-refractivity contribution in [2.45, 2.75) is 6.92 Å². The maximum Gasteiger partial charge on any atom is 0.266 e. The minimum atomic E-state index is -0.0662. The normalized spacial score (nSPS) is 11.6. The standard InChI is InChI=1S/C25H19N3O/c1-17-8-2-7-13-23(17)28-24(27-22-12-6-4-10-20(22)25(28)29)15-14-18-16-26-21-11-5-3-9-19(18)21/h2-16,26H,1H3/b15-14+. The van der Waals surface area contributed by atoms with E-state index >= 15 is 0 Å². The number of aromatic amines is 1. The highest BCUT2D eigenvalue weighted by atomic mass is 16.1. The molecule has 5 aromatic rings. The van der Waals surface area contributed by atoms with Gasteiger partial charge >= 0.3 is 0 Å². The third kappa shape index (κ3) is 2.95. The average Bonchev–Trinajstić information content (AvgIpc) is 3.16. The van der Waals surface area contributed by atoms with Crippen molar-refractivity contribution in [3.63, 3.8) is 0 Å². The first kappa shape index (κ1) is 17.2. The Bertz CT molecular complexity index is 1440. The van der Waals surface area contributed by atoms with Gasteiger partial charge in [0, 0.05) is 17.1 Å². The zero-order valence-corrected chi connectivity index (χ0v) is 16.0. The van der Waals surface area contributed by atoms with Gasteiger partial charge in [-0.3, -0.25) is 9.36 Å². The Balaban J connectivity index is 1.75. The fourth-order valence-corrected chi connectivity index (χ4v) is 3.70. The van der Waals surface area contributed by atoms with E-state index in [0.29, 0.717) is 16.7 Å². The van der Waals surface area contributed by atoms with Crippen LogP contribution in [0.1, 0.15) is 17.0 Å². The van der Waals surface area contributed by atoms with E-state index in [9.17, 15) is 4.79 Å². The van der Waals surface area contributed by atoms with E-state index in [0.717, 1.165) is 27.7 Å². The predicted molar refractivity (Wildman–Crippen MR) is 119 cm³/mol. The zero-order valence-electron chi connectivity index (χ0n) is 16.0. The van der Waals surface area contributed by atoms with Crippen LogP contribution >= 0.6 is 0 Å². The second-order valence-corrected chi connectivity index (χ2v) is 7.04. The summed E-state index contributed by atoms with van der Waals surface area (Å²) in [5.74, 6) is 0.605. The Hall–Kier alpha value is -3.92. The number of hydrogen-bond acceptors (Lipinski definition) is 2. The molecule has 0 spiro atoms. The topological polar surface area (TPSA) is 50.7 Å². The Morgan fingerprint density at radius 2 is 1.59 bits per heavy atom. The van der Waals surface area contributed by atoms with Crippen LogP contribution in [-0.4, -0.2) is 14.5 Å². The van der Waals surface area contributed by atoms with Gasteiger partial charge in [0.05, 0.1) is 16.6 Å². The van der Waals surface area contributed by atoms with Gasteiger partial charge in [0.15, 0.2) is 0 Å². The lowest BCUT2D eigenvalue weighted by Gasteiger charge is -2.13. The van der Waals surface area contributed by atoms with Gasteiger partial charge in [-0.25, -0.2) is 4.98 Å². The third-order valence-corrected chi connectivity index (χ3v) is 5.19. The number of H-pyrrole nitrogens is 1. The number of aryl methyl sites for hydroxylation is 1. The van der Waals surface area contributed by atoms with E-state index in [1.807, 2.05) is 92.0 Å². The Kier molecular flexibility index (Phi) is 4.10. The van der Waals surface area contributed by atoms with Crippen LogP contribution in [0.5, 0.6) is 0 Å². The quantitative estimate of drug-likeness (QED) is 0.461. The van der Waals surface area contributed by atoms with E-state index in [1.165, 1.54) is 0 Å². The number of para-hydroxylation sites is 3. The van der Waals surface area contributed by atoms with E-state index in [1.54, 1.807) is 4.57 Å². The summed E-state index contributed by atoms with van der Waals surface area (Å²) in [7, 11) is 0. The van der Waals surface area contributed by atoms with E-state index in [2.05, 4.69) is 11.1 Å². The molecule has 0 saturated carbocycles. The molecule has 0 aliphatic rings. The molecular formula is C25H19N3O. The molecule has 29 heavy (non-hydrogen) atoms. The summed E-state index contributed by atoms with van der Waals surface area (Å²) < 4.78 is 1.70. The van der Waals surface area contributed by atoms with Crippen LogP contribution < -0.4 is 5.56 Å². The van der Waals surface area contributed by atoms with Crippen molar-refractivity contribution in [3.05, 3.63) is 106 Å². The summed E-state index contributed by atoms with van der Waals surface area (Å²) in [5, 5.41) is 1.74. The number of aromatic nitrogens is 3. The highest BCUT2D eigenvalue weighted by molar-refractivity contribution is 5.91. The molecular weight excluding hydrogens is 358 g/mol. The number of hydrogen-bond donors (Lipinski definition) is 1. The molecule has 0 aliphatic carbocycles. The lowest BCUT2D eigenvalue weighted by atomic mass is 10.1. The molecule has 5 rings (SSSR count). The van der Waals surface area contributed by atoms with Crippen LogP contribution in [0.3, 0.4) is 0 Å². The van der Waals surface area contributed by atoms with Crippen LogP contribution in [0.25, 0.3) is 39.6 Å². The first-order valence-electron chi connectivity index (χ1n) is 9.54. The van der Waals surface area contributed by atoms with Crippen LogP contribution in [0, 0.1) is 6.92 Å². The molecule has 0 saturated heterocycles. The molecule has 0 bridgehead atoms. The fraction of sp³-hybridized carbons (Fsp3) is 0.0400. The maximum absolute atomic E-state index is 13.4. The highest BCUT2D eigenvalue weighted by Crippen LogP contribution is 2.21. The molecule has 4 heteroatoms. The fourth-order valence-electron chi connectivity index (χ4n) is 3.70. The number of benzene rings is 3. The van der Waals surface area contributed by atoms with Crippen LogP contribution in [0.4, 0.5) is 0 Å². The van der Waals surface area contributed by atoms with Gasteiger partial charge in [-0.2, -0.15) is 0 Å². The minimum Gasteiger partial charge on any atom is -0.361 e. The zero-order chi connectivity index (χ0) is 19.8. The molecule has 3 aromatic carbocycles. The van der Waals surface area contributed by atoms with E-state index in [-0.39, 0.29) is 5.56 Å². The molecule has 2 heterocycles. The SMILES string of the molecule is Cc1ccccc1-n1c(/C=C/c2c[nH]c3ccccc23)nc2ccccc2c1=O. The summed E-state index contributed by atoms with van der Waals surface area (Å²) in [6.07, 6.45) is 5.89. The molecule has 2 aromatic heterocycles. The molecule has 0 amide bonds. The van der Waals surface area contributed by atoms with Crippen LogP contribution in [0.2, 0.25) is 0 Å². The molecule has 0 aliphatic heterocycles. The number of nitrogens with zero attached hydrogens (tertiary/aromatic N) is 2. The van der Waals surface area contributed by atoms with Crippen molar-refractivity contribution in [3.8, 4) is 5.69 Å². The summed E-state index contributed by atoms with van der Waals surface area (Å²) in [5.41, 5.74) is 4.63. The third-order valence-electron chi connectivity index (χ3n) is 5.19. The van der Waals surface area contributed by atoms with Crippen LogP contribution in [0.15, 0.2) is 83.8 Å². The van der Waals surface area contributed by atoms with Crippen molar-refractivity contribution in [2.75, 3.05) is 0 Å². The number of nitrogens with one attached hydrogen (secondary N) is 1. The van der Waals surface area contributed by atoms with E-state index in [4.69, 9.17) is 4.98 Å². The number of rotatable bonds is 3. The predicted octanol–water partition coefficient (Wildman–Crippen LogP) is 5.35. The lowest BCUT2D eigenvalue weighted by Crippen LogP contribution is -2.23. The minimum absolute atomic E-state index is 0.0662. The van der Waals surface area contributed by atoms with Gasteiger partial charge in [0.1, 0.15) is 5.82 Å². The van der Waals surface area contributed by atoms with Gasteiger partial charge in [-0.15, -0.1) is 0 Å². The lowest BCUT2D eigenvalue weighted by molar-refractivity contribution is 0.934. The average molecular weight is 377 g/mol. The highest BCUT2D eigenvalue weighted by Gasteiger charge is 2.12. The summed E-state index contributed by atoms with van der Waals surface area (Å²) in [4.78, 5) is 21.4. The van der Waals surface area contributed by atoms with Crippen molar-refractivity contribution in [1.29, 1.82) is 0 Å². The monoisotopic (exact) mass is 377 g/mol. The van der Waals surface area contributed by atoms with Gasteiger partial charge in [0.25, 0.3) is 5.56 Å². The van der Waals surface area contributed by atoms with Gasteiger partial charge in [0.2, 0.25) is 0 Å². The first-order chi connectivity index (χ1) is 14.2. The van der Waals surface area contributed by atoms with Crippen molar-refractivity contribution in [1.82, 2.24) is 14.5 Å². The maximum atomic E-state index is 13.4. The molecule has 0 fully saturated rings. The molecule has 0 unspecified atom stereocenters.